The number of hydrogen-bond acceptors (Lipinski definition) is 5. The van der Waals surface area contributed by atoms with Gasteiger partial charge < -0.3 is 15.0 Å². The second kappa shape index (κ2) is 9.33. The molecule has 2 unspecified atom stereocenters. The molecule has 0 bridgehead atoms. The normalized spacial score (nSPS) is 25.9. The van der Waals surface area contributed by atoms with Crippen LogP contribution in [0.4, 0.5) is 4.79 Å². The van der Waals surface area contributed by atoms with Crippen LogP contribution in [0.3, 0.4) is 0 Å². The van der Waals surface area contributed by atoms with Crippen molar-refractivity contribution in [2.75, 3.05) is 26.2 Å². The Morgan fingerprint density at radius 3 is 2.76 bits per heavy atom. The summed E-state index contributed by atoms with van der Waals surface area (Å²) in [5.41, 5.74) is 0.631. The summed E-state index contributed by atoms with van der Waals surface area (Å²) >= 11 is 0. The second-order valence-electron chi connectivity index (χ2n) is 9.68. The summed E-state index contributed by atoms with van der Waals surface area (Å²) in [5, 5.41) is 4.02. The number of pyridine rings is 1. The summed E-state index contributed by atoms with van der Waals surface area (Å²) in [6, 6.07) is 9.10. The first-order valence-electron chi connectivity index (χ1n) is 12.4. The van der Waals surface area contributed by atoms with Crippen molar-refractivity contribution in [3.8, 4) is 0 Å². The molecule has 1 aromatic carbocycles. The first-order chi connectivity index (χ1) is 16.5. The number of fused-ring (bicyclic) bond motifs is 1. The van der Waals surface area contributed by atoms with Gasteiger partial charge in [0.1, 0.15) is 5.54 Å². The third kappa shape index (κ3) is 4.04. The summed E-state index contributed by atoms with van der Waals surface area (Å²) < 4.78 is 5.67. The molecule has 0 radical (unpaired) electrons. The number of ether oxygens (including phenoxy) is 1. The van der Waals surface area contributed by atoms with Crippen molar-refractivity contribution >= 4 is 28.7 Å². The molecule has 4 amide bonds. The average molecular weight is 465 g/mol. The molecule has 8 nitrogen and oxygen atoms in total. The van der Waals surface area contributed by atoms with Crippen LogP contribution in [-0.4, -0.2) is 70.5 Å². The molecule has 2 atom stereocenters. The molecule has 1 aromatic heterocycles. The smallest absolute Gasteiger partial charge is 0.325 e. The molecular weight excluding hydrogens is 432 g/mol. The van der Waals surface area contributed by atoms with Crippen molar-refractivity contribution in [1.82, 2.24) is 20.1 Å². The van der Waals surface area contributed by atoms with E-state index in [4.69, 9.17) is 4.74 Å². The third-order valence-electron chi connectivity index (χ3n) is 7.59. The number of hydrogen-bond donors (Lipinski definition) is 1. The number of rotatable bonds is 6. The molecular formula is C26H32N4O4. The summed E-state index contributed by atoms with van der Waals surface area (Å²) in [7, 11) is 0. The van der Waals surface area contributed by atoms with Crippen LogP contribution in [0.1, 0.15) is 55.8 Å². The summed E-state index contributed by atoms with van der Waals surface area (Å²) in [6.07, 6.45) is 6.29. The van der Waals surface area contributed by atoms with E-state index in [9.17, 15) is 14.4 Å². The Kier molecular flexibility index (Phi) is 6.25. The quantitative estimate of drug-likeness (QED) is 0.662. The van der Waals surface area contributed by atoms with Gasteiger partial charge in [-0.05, 0) is 62.3 Å². The van der Waals surface area contributed by atoms with Crippen LogP contribution in [0, 0.1) is 5.92 Å². The van der Waals surface area contributed by atoms with E-state index in [1.165, 1.54) is 4.90 Å². The van der Waals surface area contributed by atoms with E-state index in [0.717, 1.165) is 30.2 Å². The number of benzene rings is 1. The van der Waals surface area contributed by atoms with Crippen LogP contribution in [-0.2, 0) is 9.53 Å². The maximum atomic E-state index is 13.6. The van der Waals surface area contributed by atoms with Gasteiger partial charge in [0.2, 0.25) is 0 Å². The highest BCUT2D eigenvalue weighted by Gasteiger charge is 2.55. The fourth-order valence-corrected chi connectivity index (χ4v) is 5.81. The van der Waals surface area contributed by atoms with E-state index >= 15 is 0 Å². The zero-order valence-electron chi connectivity index (χ0n) is 19.7. The van der Waals surface area contributed by atoms with Gasteiger partial charge in [-0.3, -0.25) is 19.5 Å². The predicted molar refractivity (Wildman–Crippen MR) is 127 cm³/mol. The Morgan fingerprint density at radius 1 is 1.21 bits per heavy atom. The average Bonchev–Trinajstić information content (AvgIpc) is 3.46. The van der Waals surface area contributed by atoms with Gasteiger partial charge in [-0.1, -0.05) is 19.4 Å². The molecule has 1 N–H and O–H groups in total. The SMILES string of the molecule is CCCC1(C2CCN(C(=O)c3ccc4ncccc4c3)CC2)NC(=O)N(CC2CCCO2)C1=O. The topological polar surface area (TPSA) is 91.8 Å². The molecule has 5 rings (SSSR count). The largest absolute Gasteiger partial charge is 0.376 e. The van der Waals surface area contributed by atoms with Gasteiger partial charge in [-0.2, -0.15) is 0 Å². The van der Waals surface area contributed by atoms with Crippen molar-refractivity contribution in [1.29, 1.82) is 0 Å². The first kappa shape index (κ1) is 22.8. The Hall–Kier alpha value is -3.00. The minimum absolute atomic E-state index is 0.00301. The van der Waals surface area contributed by atoms with Crippen LogP contribution >= 0.6 is 0 Å². The number of piperidine rings is 1. The van der Waals surface area contributed by atoms with E-state index in [0.29, 0.717) is 51.1 Å². The second-order valence-corrected chi connectivity index (χ2v) is 9.68. The van der Waals surface area contributed by atoms with Crippen molar-refractivity contribution in [2.24, 2.45) is 5.92 Å². The number of urea groups is 1. The first-order valence-corrected chi connectivity index (χ1v) is 12.4. The molecule has 3 aliphatic rings. The van der Waals surface area contributed by atoms with Crippen LogP contribution < -0.4 is 5.32 Å². The maximum Gasteiger partial charge on any atom is 0.325 e. The number of likely N-dealkylation sites (tertiary alicyclic amines) is 1. The Bertz CT molecular complexity index is 1090. The predicted octanol–water partition coefficient (Wildman–Crippen LogP) is 3.36. The third-order valence-corrected chi connectivity index (χ3v) is 7.59. The number of amides is 4. The molecule has 180 valence electrons. The lowest BCUT2D eigenvalue weighted by molar-refractivity contribution is -0.135. The molecule has 3 saturated heterocycles. The minimum atomic E-state index is -0.881. The molecule has 0 aliphatic carbocycles. The van der Waals surface area contributed by atoms with E-state index < -0.39 is 5.54 Å². The zero-order chi connectivity index (χ0) is 23.7. The summed E-state index contributed by atoms with van der Waals surface area (Å²) in [5.74, 6) is -0.125. The van der Waals surface area contributed by atoms with Crippen LogP contribution in [0.15, 0.2) is 36.5 Å². The van der Waals surface area contributed by atoms with Gasteiger partial charge in [0.25, 0.3) is 11.8 Å². The van der Waals surface area contributed by atoms with Crippen molar-refractivity contribution in [3.05, 3.63) is 42.1 Å². The monoisotopic (exact) mass is 464 g/mol. The Labute approximate surface area is 199 Å². The van der Waals surface area contributed by atoms with Crippen LogP contribution in [0.5, 0.6) is 0 Å². The number of imide groups is 1. The molecule has 2 aromatic rings. The lowest BCUT2D eigenvalue weighted by atomic mass is 9.74. The van der Waals surface area contributed by atoms with Crippen LogP contribution in [0.25, 0.3) is 10.9 Å². The van der Waals surface area contributed by atoms with Crippen molar-refractivity contribution in [2.45, 2.75) is 57.1 Å². The summed E-state index contributed by atoms with van der Waals surface area (Å²) in [4.78, 5) is 47.2. The minimum Gasteiger partial charge on any atom is -0.376 e. The molecule has 0 saturated carbocycles. The van der Waals surface area contributed by atoms with E-state index in [-0.39, 0.29) is 29.9 Å². The van der Waals surface area contributed by atoms with Gasteiger partial charge in [0.05, 0.1) is 18.2 Å². The Morgan fingerprint density at radius 2 is 2.03 bits per heavy atom. The van der Waals surface area contributed by atoms with Gasteiger partial charge >= 0.3 is 6.03 Å². The van der Waals surface area contributed by atoms with Crippen molar-refractivity contribution in [3.63, 3.8) is 0 Å². The molecule has 4 heterocycles. The van der Waals surface area contributed by atoms with Gasteiger partial charge in [0.15, 0.2) is 0 Å². The van der Waals surface area contributed by atoms with Gasteiger partial charge in [-0.25, -0.2) is 4.79 Å². The van der Waals surface area contributed by atoms with E-state index in [1.54, 1.807) is 6.20 Å². The van der Waals surface area contributed by atoms with Crippen molar-refractivity contribution < 1.29 is 19.1 Å². The fourth-order valence-electron chi connectivity index (χ4n) is 5.81. The molecule has 8 heteroatoms. The maximum absolute atomic E-state index is 13.6. The van der Waals surface area contributed by atoms with Gasteiger partial charge in [0, 0.05) is 36.8 Å². The summed E-state index contributed by atoms with van der Waals surface area (Å²) in [6.45, 7) is 4.18. The molecule has 3 aliphatic heterocycles. The molecule has 3 fully saturated rings. The molecule has 0 spiro atoms. The lowest BCUT2D eigenvalue weighted by Gasteiger charge is -2.41. The van der Waals surface area contributed by atoms with E-state index in [2.05, 4.69) is 10.3 Å². The number of carbonyl (C=O) groups excluding carboxylic acids is 3. The lowest BCUT2D eigenvalue weighted by Crippen LogP contribution is -2.56. The Balaban J connectivity index is 1.28. The van der Waals surface area contributed by atoms with Crippen LogP contribution in [0.2, 0.25) is 0 Å². The van der Waals surface area contributed by atoms with E-state index in [1.807, 2.05) is 42.2 Å². The highest BCUT2D eigenvalue weighted by molar-refractivity contribution is 6.07. The highest BCUT2D eigenvalue weighted by Crippen LogP contribution is 2.38. The van der Waals surface area contributed by atoms with Gasteiger partial charge in [-0.15, -0.1) is 0 Å². The number of carbonyl (C=O) groups is 3. The fraction of sp³-hybridized carbons (Fsp3) is 0.538. The zero-order valence-corrected chi connectivity index (χ0v) is 19.7. The number of aromatic nitrogens is 1. The standard InChI is InChI=1S/C26H32N4O4/c1-2-11-26(24(32)30(25(33)28-26)17-21-6-4-15-34-21)20-9-13-29(14-10-20)23(31)19-7-8-22-18(16-19)5-3-12-27-22/h3,5,7-8,12,16,20-21H,2,4,6,9-11,13-15,17H2,1H3,(H,28,33). The highest BCUT2D eigenvalue weighted by atomic mass is 16.5. The number of nitrogens with zero attached hydrogens (tertiary/aromatic N) is 3. The number of nitrogens with one attached hydrogen (secondary N) is 1. The molecule has 34 heavy (non-hydrogen) atoms.